The first-order valence-electron chi connectivity index (χ1n) is 7.69. The van der Waals surface area contributed by atoms with E-state index in [0.29, 0.717) is 0 Å². The standard InChI is InChI=1S/C18H26N2S/c1-6-7-15-16(12-19-5)21-17(20-15)13-8-10-14(11-9-13)18(2,3)4/h8-11,19H,6-7,12H2,1-5H3. The number of benzene rings is 1. The van der Waals surface area contributed by atoms with Crippen molar-refractivity contribution in [3.05, 3.63) is 40.4 Å². The van der Waals surface area contributed by atoms with E-state index < -0.39 is 0 Å². The molecule has 0 aliphatic rings. The van der Waals surface area contributed by atoms with Gasteiger partial charge in [0.1, 0.15) is 5.01 Å². The molecular weight excluding hydrogens is 276 g/mol. The molecule has 0 radical (unpaired) electrons. The van der Waals surface area contributed by atoms with E-state index in [1.807, 2.05) is 18.4 Å². The fourth-order valence-corrected chi connectivity index (χ4v) is 3.48. The molecule has 0 fully saturated rings. The van der Waals surface area contributed by atoms with E-state index in [-0.39, 0.29) is 5.41 Å². The maximum Gasteiger partial charge on any atom is 0.123 e. The smallest absolute Gasteiger partial charge is 0.123 e. The Kier molecular flexibility index (Phi) is 5.17. The van der Waals surface area contributed by atoms with Crippen molar-refractivity contribution in [3.8, 4) is 10.6 Å². The molecular formula is C18H26N2S. The van der Waals surface area contributed by atoms with Crippen LogP contribution in [-0.4, -0.2) is 12.0 Å². The van der Waals surface area contributed by atoms with E-state index in [1.54, 1.807) is 0 Å². The molecule has 2 nitrogen and oxygen atoms in total. The molecule has 3 heteroatoms. The van der Waals surface area contributed by atoms with E-state index in [2.05, 4.69) is 57.3 Å². The number of aryl methyl sites for hydroxylation is 1. The monoisotopic (exact) mass is 302 g/mol. The number of nitrogens with zero attached hydrogens (tertiary/aromatic N) is 1. The van der Waals surface area contributed by atoms with Crippen molar-refractivity contribution >= 4 is 11.3 Å². The number of aromatic nitrogens is 1. The van der Waals surface area contributed by atoms with Crippen molar-refractivity contribution in [1.29, 1.82) is 0 Å². The van der Waals surface area contributed by atoms with Gasteiger partial charge in [0.15, 0.2) is 0 Å². The zero-order valence-corrected chi connectivity index (χ0v) is 14.6. The normalized spacial score (nSPS) is 11.9. The second-order valence-electron chi connectivity index (χ2n) is 6.50. The number of rotatable bonds is 5. The number of thiazole rings is 1. The van der Waals surface area contributed by atoms with Crippen molar-refractivity contribution < 1.29 is 0 Å². The maximum absolute atomic E-state index is 4.86. The van der Waals surface area contributed by atoms with Crippen LogP contribution >= 0.6 is 11.3 Å². The van der Waals surface area contributed by atoms with Crippen LogP contribution in [0.5, 0.6) is 0 Å². The summed E-state index contributed by atoms with van der Waals surface area (Å²) in [6.45, 7) is 9.86. The van der Waals surface area contributed by atoms with Crippen molar-refractivity contribution in [2.24, 2.45) is 0 Å². The highest BCUT2D eigenvalue weighted by Gasteiger charge is 2.15. The summed E-state index contributed by atoms with van der Waals surface area (Å²) < 4.78 is 0. The van der Waals surface area contributed by atoms with Crippen molar-refractivity contribution in [2.75, 3.05) is 7.05 Å². The molecule has 1 aromatic carbocycles. The third-order valence-electron chi connectivity index (χ3n) is 3.60. The average molecular weight is 302 g/mol. The maximum atomic E-state index is 4.86. The first kappa shape index (κ1) is 16.2. The summed E-state index contributed by atoms with van der Waals surface area (Å²) in [7, 11) is 1.99. The molecule has 0 amide bonds. The molecule has 2 rings (SSSR count). The molecule has 1 aromatic heterocycles. The largest absolute Gasteiger partial charge is 0.315 e. The first-order chi connectivity index (χ1) is 9.95. The molecule has 0 unspecified atom stereocenters. The molecule has 114 valence electrons. The Labute approximate surface area is 132 Å². The minimum atomic E-state index is 0.200. The van der Waals surface area contributed by atoms with E-state index in [4.69, 9.17) is 4.98 Å². The second kappa shape index (κ2) is 6.71. The van der Waals surface area contributed by atoms with Crippen molar-refractivity contribution in [2.45, 2.75) is 52.5 Å². The molecule has 0 aliphatic heterocycles. The van der Waals surface area contributed by atoms with Crippen molar-refractivity contribution in [1.82, 2.24) is 10.3 Å². The topological polar surface area (TPSA) is 24.9 Å². The lowest BCUT2D eigenvalue weighted by atomic mass is 9.87. The summed E-state index contributed by atoms with van der Waals surface area (Å²) in [5.41, 5.74) is 4.05. The van der Waals surface area contributed by atoms with Gasteiger partial charge in [0.05, 0.1) is 5.69 Å². The van der Waals surface area contributed by atoms with Gasteiger partial charge >= 0.3 is 0 Å². The highest BCUT2D eigenvalue weighted by atomic mass is 32.1. The molecule has 0 atom stereocenters. The molecule has 2 aromatic rings. The lowest BCUT2D eigenvalue weighted by Crippen LogP contribution is -2.10. The van der Waals surface area contributed by atoms with Gasteiger partial charge in [0.2, 0.25) is 0 Å². The van der Waals surface area contributed by atoms with E-state index in [9.17, 15) is 0 Å². The van der Waals surface area contributed by atoms with Crippen LogP contribution in [0.3, 0.4) is 0 Å². The molecule has 0 saturated heterocycles. The van der Waals surface area contributed by atoms with Crippen LogP contribution in [0.2, 0.25) is 0 Å². The Morgan fingerprint density at radius 2 is 1.81 bits per heavy atom. The number of hydrogen-bond donors (Lipinski definition) is 1. The predicted molar refractivity (Wildman–Crippen MR) is 93.0 cm³/mol. The second-order valence-corrected chi connectivity index (χ2v) is 7.58. The minimum absolute atomic E-state index is 0.200. The molecule has 0 saturated carbocycles. The van der Waals surface area contributed by atoms with Gasteiger partial charge in [-0.05, 0) is 24.4 Å². The first-order valence-corrected chi connectivity index (χ1v) is 8.51. The Balaban J connectivity index is 2.31. The fourth-order valence-electron chi connectivity index (χ4n) is 2.35. The van der Waals surface area contributed by atoms with Crippen LogP contribution < -0.4 is 5.32 Å². The summed E-state index contributed by atoms with van der Waals surface area (Å²) in [6.07, 6.45) is 2.20. The average Bonchev–Trinajstić information content (AvgIpc) is 2.82. The quantitative estimate of drug-likeness (QED) is 0.859. The van der Waals surface area contributed by atoms with Gasteiger partial charge in [-0.3, -0.25) is 0 Å². The van der Waals surface area contributed by atoms with Gasteiger partial charge in [-0.15, -0.1) is 11.3 Å². The summed E-state index contributed by atoms with van der Waals surface area (Å²) in [5, 5.41) is 4.39. The van der Waals surface area contributed by atoms with Gasteiger partial charge in [0.25, 0.3) is 0 Å². The molecule has 0 spiro atoms. The van der Waals surface area contributed by atoms with Gasteiger partial charge in [-0.2, -0.15) is 0 Å². The van der Waals surface area contributed by atoms with E-state index in [1.165, 1.54) is 21.7 Å². The zero-order valence-electron chi connectivity index (χ0n) is 13.8. The van der Waals surface area contributed by atoms with Crippen LogP contribution in [0, 0.1) is 0 Å². The van der Waals surface area contributed by atoms with E-state index >= 15 is 0 Å². The molecule has 0 bridgehead atoms. The van der Waals surface area contributed by atoms with E-state index in [0.717, 1.165) is 24.4 Å². The van der Waals surface area contributed by atoms with Crippen LogP contribution in [0.25, 0.3) is 10.6 Å². The molecule has 0 aliphatic carbocycles. The lowest BCUT2D eigenvalue weighted by Gasteiger charge is -2.18. The molecule has 1 N–H and O–H groups in total. The van der Waals surface area contributed by atoms with Crippen LogP contribution in [0.4, 0.5) is 0 Å². The molecule has 1 heterocycles. The molecule has 21 heavy (non-hydrogen) atoms. The predicted octanol–water partition coefficient (Wildman–Crippen LogP) is 4.78. The fraction of sp³-hybridized carbons (Fsp3) is 0.500. The van der Waals surface area contributed by atoms with Crippen molar-refractivity contribution in [3.63, 3.8) is 0 Å². The Morgan fingerprint density at radius 1 is 1.14 bits per heavy atom. The SMILES string of the molecule is CCCc1nc(-c2ccc(C(C)(C)C)cc2)sc1CNC. The minimum Gasteiger partial charge on any atom is -0.315 e. The summed E-state index contributed by atoms with van der Waals surface area (Å²) in [6, 6.07) is 8.87. The summed E-state index contributed by atoms with van der Waals surface area (Å²) >= 11 is 1.82. The summed E-state index contributed by atoms with van der Waals surface area (Å²) in [5.74, 6) is 0. The number of nitrogens with one attached hydrogen (secondary N) is 1. The third kappa shape index (κ3) is 3.92. The zero-order chi connectivity index (χ0) is 15.5. The Bertz CT molecular complexity index is 553. The van der Waals surface area contributed by atoms with Gasteiger partial charge < -0.3 is 5.32 Å². The summed E-state index contributed by atoms with van der Waals surface area (Å²) in [4.78, 5) is 6.23. The number of hydrogen-bond acceptors (Lipinski definition) is 3. The van der Waals surface area contributed by atoms with Gasteiger partial charge in [0, 0.05) is 17.0 Å². The Morgan fingerprint density at radius 3 is 2.33 bits per heavy atom. The highest BCUT2D eigenvalue weighted by molar-refractivity contribution is 7.15. The van der Waals surface area contributed by atoms with Crippen LogP contribution in [-0.2, 0) is 18.4 Å². The van der Waals surface area contributed by atoms with Gasteiger partial charge in [-0.1, -0.05) is 58.4 Å². The third-order valence-corrected chi connectivity index (χ3v) is 4.75. The van der Waals surface area contributed by atoms with Gasteiger partial charge in [-0.25, -0.2) is 4.98 Å². The highest BCUT2D eigenvalue weighted by Crippen LogP contribution is 2.31. The Hall–Kier alpha value is -1.19. The van der Waals surface area contributed by atoms with Crippen LogP contribution in [0.1, 0.15) is 50.3 Å². The lowest BCUT2D eigenvalue weighted by molar-refractivity contribution is 0.590. The van der Waals surface area contributed by atoms with Crippen LogP contribution in [0.15, 0.2) is 24.3 Å².